The Kier molecular flexibility index (Phi) is 5.30. The van der Waals surface area contributed by atoms with Crippen LogP contribution in [0.5, 0.6) is 11.5 Å². The SMILES string of the molecule is CCOc1ccc(NC(=O)c2cc(C)nc3c2c(C)nn3C)cc1OCC. The zero-order chi connectivity index (χ0) is 19.6. The Morgan fingerprint density at radius 3 is 2.52 bits per heavy atom. The van der Waals surface area contributed by atoms with Crippen molar-refractivity contribution in [2.75, 3.05) is 18.5 Å². The summed E-state index contributed by atoms with van der Waals surface area (Å²) in [5.74, 6) is 1.04. The van der Waals surface area contributed by atoms with Crippen LogP contribution in [0.2, 0.25) is 0 Å². The van der Waals surface area contributed by atoms with Gasteiger partial charge in [-0.05, 0) is 45.9 Å². The van der Waals surface area contributed by atoms with Crippen molar-refractivity contribution in [2.24, 2.45) is 7.05 Å². The van der Waals surface area contributed by atoms with E-state index in [1.54, 1.807) is 28.9 Å². The van der Waals surface area contributed by atoms with Crippen LogP contribution in [0.4, 0.5) is 5.69 Å². The molecule has 7 heteroatoms. The van der Waals surface area contributed by atoms with Gasteiger partial charge in [0.25, 0.3) is 5.91 Å². The molecule has 142 valence electrons. The van der Waals surface area contributed by atoms with Gasteiger partial charge in [-0.3, -0.25) is 9.48 Å². The van der Waals surface area contributed by atoms with Crippen molar-refractivity contribution in [1.82, 2.24) is 14.8 Å². The van der Waals surface area contributed by atoms with Crippen molar-refractivity contribution in [1.29, 1.82) is 0 Å². The molecule has 0 atom stereocenters. The molecule has 0 fully saturated rings. The first-order chi connectivity index (χ1) is 12.9. The highest BCUT2D eigenvalue weighted by Crippen LogP contribution is 2.31. The summed E-state index contributed by atoms with van der Waals surface area (Å²) < 4.78 is 12.9. The van der Waals surface area contributed by atoms with E-state index in [0.29, 0.717) is 41.6 Å². The number of pyridine rings is 1. The number of anilines is 1. The third kappa shape index (κ3) is 3.72. The number of fused-ring (bicyclic) bond motifs is 1. The van der Waals surface area contributed by atoms with E-state index in [1.165, 1.54) is 0 Å². The Balaban J connectivity index is 1.96. The summed E-state index contributed by atoms with van der Waals surface area (Å²) in [7, 11) is 1.82. The van der Waals surface area contributed by atoms with Crippen LogP contribution < -0.4 is 14.8 Å². The molecule has 7 nitrogen and oxygen atoms in total. The van der Waals surface area contributed by atoms with Crippen LogP contribution in [0.3, 0.4) is 0 Å². The van der Waals surface area contributed by atoms with Crippen LogP contribution in [0.15, 0.2) is 24.3 Å². The van der Waals surface area contributed by atoms with Gasteiger partial charge < -0.3 is 14.8 Å². The molecule has 0 saturated carbocycles. The Morgan fingerprint density at radius 1 is 1.11 bits per heavy atom. The van der Waals surface area contributed by atoms with Crippen LogP contribution in [-0.4, -0.2) is 33.9 Å². The van der Waals surface area contributed by atoms with E-state index in [2.05, 4.69) is 15.4 Å². The summed E-state index contributed by atoms with van der Waals surface area (Å²) in [6.07, 6.45) is 0. The molecule has 0 bridgehead atoms. The third-order valence-corrected chi connectivity index (χ3v) is 4.14. The molecule has 3 aromatic rings. The number of aryl methyl sites for hydroxylation is 3. The predicted octanol–water partition coefficient (Wildman–Crippen LogP) is 3.63. The molecule has 0 spiro atoms. The minimum atomic E-state index is -0.215. The minimum absolute atomic E-state index is 0.215. The van der Waals surface area contributed by atoms with Gasteiger partial charge in [0.1, 0.15) is 0 Å². The Morgan fingerprint density at radius 2 is 1.81 bits per heavy atom. The summed E-state index contributed by atoms with van der Waals surface area (Å²) in [4.78, 5) is 17.5. The first-order valence-corrected chi connectivity index (χ1v) is 8.96. The average molecular weight is 368 g/mol. The number of carbonyl (C=O) groups excluding carboxylic acids is 1. The fourth-order valence-corrected chi connectivity index (χ4v) is 3.08. The third-order valence-electron chi connectivity index (χ3n) is 4.14. The number of carbonyl (C=O) groups is 1. The maximum atomic E-state index is 13.0. The van der Waals surface area contributed by atoms with Crippen LogP contribution >= 0.6 is 0 Å². The van der Waals surface area contributed by atoms with Crippen molar-refractivity contribution in [3.63, 3.8) is 0 Å². The first-order valence-electron chi connectivity index (χ1n) is 8.96. The second-order valence-corrected chi connectivity index (χ2v) is 6.20. The maximum absolute atomic E-state index is 13.0. The van der Waals surface area contributed by atoms with Gasteiger partial charge in [-0.25, -0.2) is 4.98 Å². The zero-order valence-electron chi connectivity index (χ0n) is 16.3. The molecular weight excluding hydrogens is 344 g/mol. The normalized spacial score (nSPS) is 10.9. The number of nitrogens with one attached hydrogen (secondary N) is 1. The zero-order valence-corrected chi connectivity index (χ0v) is 16.3. The lowest BCUT2D eigenvalue weighted by Gasteiger charge is -2.13. The van der Waals surface area contributed by atoms with Gasteiger partial charge in [-0.2, -0.15) is 5.10 Å². The number of hydrogen-bond donors (Lipinski definition) is 1. The number of ether oxygens (including phenoxy) is 2. The van der Waals surface area contributed by atoms with Crippen molar-refractivity contribution in [3.8, 4) is 11.5 Å². The number of aromatic nitrogens is 3. The largest absolute Gasteiger partial charge is 0.490 e. The molecule has 27 heavy (non-hydrogen) atoms. The fraction of sp³-hybridized carbons (Fsp3) is 0.350. The van der Waals surface area contributed by atoms with Crippen LogP contribution in [0.25, 0.3) is 11.0 Å². The lowest BCUT2D eigenvalue weighted by molar-refractivity contribution is 0.102. The second-order valence-electron chi connectivity index (χ2n) is 6.20. The Labute approximate surface area is 158 Å². The molecule has 1 amide bonds. The van der Waals surface area contributed by atoms with Crippen molar-refractivity contribution < 1.29 is 14.3 Å². The fourth-order valence-electron chi connectivity index (χ4n) is 3.08. The molecule has 2 heterocycles. The Bertz CT molecular complexity index is 995. The smallest absolute Gasteiger partial charge is 0.256 e. The standard InChI is InChI=1S/C20H24N4O3/c1-6-26-16-9-8-14(11-17(16)27-7-2)22-20(25)15-10-12(3)21-19-18(15)13(4)23-24(19)5/h8-11H,6-7H2,1-5H3,(H,22,25). The lowest BCUT2D eigenvalue weighted by Crippen LogP contribution is -2.13. The van der Waals surface area contributed by atoms with E-state index in [0.717, 1.165) is 16.8 Å². The van der Waals surface area contributed by atoms with E-state index < -0.39 is 0 Å². The molecule has 0 aliphatic rings. The molecule has 0 radical (unpaired) electrons. The highest BCUT2D eigenvalue weighted by atomic mass is 16.5. The van der Waals surface area contributed by atoms with Gasteiger partial charge in [0, 0.05) is 24.5 Å². The monoisotopic (exact) mass is 368 g/mol. The molecule has 0 saturated heterocycles. The molecule has 3 rings (SSSR count). The molecule has 1 N–H and O–H groups in total. The highest BCUT2D eigenvalue weighted by Gasteiger charge is 2.18. The van der Waals surface area contributed by atoms with Crippen LogP contribution in [0, 0.1) is 13.8 Å². The summed E-state index contributed by atoms with van der Waals surface area (Å²) in [5, 5.41) is 8.09. The lowest BCUT2D eigenvalue weighted by atomic mass is 10.1. The Hall–Kier alpha value is -3.09. The molecular formula is C20H24N4O3. The quantitative estimate of drug-likeness (QED) is 0.719. The summed E-state index contributed by atoms with van der Waals surface area (Å²) in [6, 6.07) is 7.15. The number of amides is 1. The molecule has 1 aromatic carbocycles. The summed E-state index contributed by atoms with van der Waals surface area (Å²) in [6.45, 7) is 8.61. The first kappa shape index (κ1) is 18.7. The molecule has 2 aromatic heterocycles. The highest BCUT2D eigenvalue weighted by molar-refractivity contribution is 6.12. The predicted molar refractivity (Wildman–Crippen MR) is 105 cm³/mol. The maximum Gasteiger partial charge on any atom is 0.256 e. The van der Waals surface area contributed by atoms with Crippen LogP contribution in [0.1, 0.15) is 35.6 Å². The van der Waals surface area contributed by atoms with Crippen molar-refractivity contribution >= 4 is 22.6 Å². The summed E-state index contributed by atoms with van der Waals surface area (Å²) in [5.41, 5.74) is 3.41. The average Bonchev–Trinajstić information content (AvgIpc) is 2.91. The molecule has 0 aliphatic heterocycles. The van der Waals surface area contributed by atoms with E-state index in [4.69, 9.17) is 9.47 Å². The number of hydrogen-bond acceptors (Lipinski definition) is 5. The number of rotatable bonds is 6. The molecule has 0 aliphatic carbocycles. The van der Waals surface area contributed by atoms with E-state index in [-0.39, 0.29) is 5.91 Å². The topological polar surface area (TPSA) is 78.3 Å². The van der Waals surface area contributed by atoms with E-state index in [1.807, 2.05) is 34.7 Å². The van der Waals surface area contributed by atoms with Gasteiger partial charge in [-0.15, -0.1) is 0 Å². The van der Waals surface area contributed by atoms with Gasteiger partial charge in [0.2, 0.25) is 0 Å². The van der Waals surface area contributed by atoms with Gasteiger partial charge in [-0.1, -0.05) is 0 Å². The number of nitrogens with zero attached hydrogens (tertiary/aromatic N) is 3. The summed E-state index contributed by atoms with van der Waals surface area (Å²) >= 11 is 0. The van der Waals surface area contributed by atoms with Gasteiger partial charge >= 0.3 is 0 Å². The van der Waals surface area contributed by atoms with Crippen LogP contribution in [-0.2, 0) is 7.05 Å². The van der Waals surface area contributed by atoms with Crippen molar-refractivity contribution in [3.05, 3.63) is 41.2 Å². The molecule has 0 unspecified atom stereocenters. The van der Waals surface area contributed by atoms with Gasteiger partial charge in [0.15, 0.2) is 17.1 Å². The van der Waals surface area contributed by atoms with E-state index >= 15 is 0 Å². The van der Waals surface area contributed by atoms with Gasteiger partial charge in [0.05, 0.1) is 29.9 Å². The second kappa shape index (κ2) is 7.65. The van der Waals surface area contributed by atoms with Crippen molar-refractivity contribution in [2.45, 2.75) is 27.7 Å². The number of benzene rings is 1. The van der Waals surface area contributed by atoms with E-state index in [9.17, 15) is 4.79 Å². The minimum Gasteiger partial charge on any atom is -0.490 e.